The van der Waals surface area contributed by atoms with Crippen LogP contribution < -0.4 is 0 Å². The Labute approximate surface area is 98.0 Å². The van der Waals surface area contributed by atoms with Crippen molar-refractivity contribution in [1.29, 1.82) is 0 Å². The summed E-state index contributed by atoms with van der Waals surface area (Å²) in [6, 6.07) is 5.88. The molecule has 0 atom stereocenters. The monoisotopic (exact) mass is 237 g/mol. The molecular weight excluding hydrogens is 226 g/mol. The van der Waals surface area contributed by atoms with E-state index in [1.165, 1.54) is 0 Å². The van der Waals surface area contributed by atoms with Crippen LogP contribution in [0.1, 0.15) is 0 Å². The average molecular weight is 237 g/mol. The molecule has 0 radical (unpaired) electrons. The highest BCUT2D eigenvalue weighted by molar-refractivity contribution is 7.99. The van der Waals surface area contributed by atoms with E-state index in [-0.39, 0.29) is 0 Å². The average Bonchev–Trinajstić information content (AvgIpc) is 2.68. The highest BCUT2D eigenvalue weighted by atomic mass is 32.2. The van der Waals surface area contributed by atoms with E-state index in [0.29, 0.717) is 0 Å². The number of nitrogens with zero attached hydrogens (tertiary/aromatic N) is 3. The summed E-state index contributed by atoms with van der Waals surface area (Å²) in [5.74, 6) is 1.68. The zero-order valence-corrected chi connectivity index (χ0v) is 9.79. The van der Waals surface area contributed by atoms with E-state index < -0.39 is 0 Å². The van der Waals surface area contributed by atoms with Gasteiger partial charge in [0, 0.05) is 17.7 Å². The van der Waals surface area contributed by atoms with Crippen molar-refractivity contribution in [3.8, 4) is 0 Å². The van der Waals surface area contributed by atoms with Crippen molar-refractivity contribution in [2.75, 3.05) is 11.5 Å². The topological polar surface area (TPSA) is 30.2 Å². The Balaban J connectivity index is 2.11. The smallest absolute Gasteiger partial charge is 0.195 e. The first-order chi connectivity index (χ1) is 7.42. The standard InChI is InChI=1S/C10H11N3S2/c14-7-3-4-8-15-10-12-11-9-5-1-2-6-13(9)10/h1-6,14H,7-8H2. The first kappa shape index (κ1) is 10.6. The van der Waals surface area contributed by atoms with Crippen LogP contribution in [-0.2, 0) is 0 Å². The summed E-state index contributed by atoms with van der Waals surface area (Å²) in [7, 11) is 0. The second kappa shape index (κ2) is 5.23. The van der Waals surface area contributed by atoms with Crippen molar-refractivity contribution in [2.45, 2.75) is 5.16 Å². The molecule has 0 saturated carbocycles. The normalized spacial score (nSPS) is 11.5. The maximum Gasteiger partial charge on any atom is 0.195 e. The molecule has 2 aromatic heterocycles. The Kier molecular flexibility index (Phi) is 3.69. The zero-order valence-electron chi connectivity index (χ0n) is 8.08. The minimum absolute atomic E-state index is 0.779. The molecule has 0 aliphatic carbocycles. The third-order valence-corrected chi connectivity index (χ3v) is 2.97. The number of pyridine rings is 1. The summed E-state index contributed by atoms with van der Waals surface area (Å²) in [6.07, 6.45) is 6.08. The van der Waals surface area contributed by atoms with Crippen molar-refractivity contribution in [3.05, 3.63) is 36.5 Å². The van der Waals surface area contributed by atoms with Crippen LogP contribution in [-0.4, -0.2) is 26.1 Å². The van der Waals surface area contributed by atoms with E-state index in [9.17, 15) is 0 Å². The van der Waals surface area contributed by atoms with Gasteiger partial charge in [-0.05, 0) is 12.1 Å². The maximum absolute atomic E-state index is 4.12. The Morgan fingerprint density at radius 3 is 3.13 bits per heavy atom. The predicted molar refractivity (Wildman–Crippen MR) is 66.7 cm³/mol. The first-order valence-electron chi connectivity index (χ1n) is 4.60. The lowest BCUT2D eigenvalue weighted by Crippen LogP contribution is -1.86. The summed E-state index contributed by atoms with van der Waals surface area (Å²) in [5, 5.41) is 9.11. The van der Waals surface area contributed by atoms with Crippen molar-refractivity contribution in [3.63, 3.8) is 0 Å². The number of hydrogen-bond donors (Lipinski definition) is 1. The van der Waals surface area contributed by atoms with Gasteiger partial charge in [0.25, 0.3) is 0 Å². The Hall–Kier alpha value is -0.940. The molecule has 0 spiro atoms. The van der Waals surface area contributed by atoms with Gasteiger partial charge in [0.05, 0.1) is 0 Å². The summed E-state index contributed by atoms with van der Waals surface area (Å²) < 4.78 is 1.99. The van der Waals surface area contributed by atoms with Crippen molar-refractivity contribution < 1.29 is 0 Å². The van der Waals surface area contributed by atoms with Gasteiger partial charge in [0.2, 0.25) is 0 Å². The van der Waals surface area contributed by atoms with Gasteiger partial charge in [-0.1, -0.05) is 30.0 Å². The van der Waals surface area contributed by atoms with E-state index in [1.807, 2.05) is 34.9 Å². The summed E-state index contributed by atoms with van der Waals surface area (Å²) in [6.45, 7) is 0. The molecule has 0 amide bonds. The molecule has 0 bridgehead atoms. The second-order valence-corrected chi connectivity index (χ2v) is 4.23. The molecule has 0 aliphatic rings. The van der Waals surface area contributed by atoms with E-state index in [4.69, 9.17) is 0 Å². The number of thioether (sulfide) groups is 1. The Morgan fingerprint density at radius 2 is 2.27 bits per heavy atom. The first-order valence-corrected chi connectivity index (χ1v) is 6.22. The van der Waals surface area contributed by atoms with Crippen molar-refractivity contribution >= 4 is 30.0 Å². The fourth-order valence-electron chi connectivity index (χ4n) is 1.18. The van der Waals surface area contributed by atoms with E-state index in [0.717, 1.165) is 22.3 Å². The van der Waals surface area contributed by atoms with Gasteiger partial charge in [-0.3, -0.25) is 4.40 Å². The van der Waals surface area contributed by atoms with Gasteiger partial charge in [-0.25, -0.2) is 0 Å². The predicted octanol–water partition coefficient (Wildman–Crippen LogP) is 2.31. The second-order valence-electron chi connectivity index (χ2n) is 2.88. The van der Waals surface area contributed by atoms with Gasteiger partial charge >= 0.3 is 0 Å². The van der Waals surface area contributed by atoms with Crippen LogP contribution in [0.2, 0.25) is 0 Å². The SMILES string of the molecule is SCC=CCSc1nnc2ccccn12. The Bertz CT molecular complexity index is 464. The molecule has 3 nitrogen and oxygen atoms in total. The molecule has 0 N–H and O–H groups in total. The molecule has 0 aliphatic heterocycles. The lowest BCUT2D eigenvalue weighted by Gasteiger charge is -1.95. The van der Waals surface area contributed by atoms with Crippen LogP contribution >= 0.6 is 24.4 Å². The quantitative estimate of drug-likeness (QED) is 0.503. The summed E-state index contributed by atoms with van der Waals surface area (Å²) in [4.78, 5) is 0. The highest BCUT2D eigenvalue weighted by Crippen LogP contribution is 2.16. The minimum Gasteiger partial charge on any atom is -0.277 e. The third-order valence-electron chi connectivity index (χ3n) is 1.86. The van der Waals surface area contributed by atoms with E-state index in [1.54, 1.807) is 11.8 Å². The molecule has 0 aromatic carbocycles. The van der Waals surface area contributed by atoms with Gasteiger partial charge in [-0.2, -0.15) is 12.6 Å². The molecule has 2 aromatic rings. The van der Waals surface area contributed by atoms with Crippen LogP contribution in [0.3, 0.4) is 0 Å². The lowest BCUT2D eigenvalue weighted by molar-refractivity contribution is 0.923. The molecule has 15 heavy (non-hydrogen) atoms. The Morgan fingerprint density at radius 1 is 1.33 bits per heavy atom. The summed E-state index contributed by atoms with van der Waals surface area (Å²) >= 11 is 5.76. The molecule has 0 unspecified atom stereocenters. The van der Waals surface area contributed by atoms with Crippen LogP contribution in [0.25, 0.3) is 5.65 Å². The van der Waals surface area contributed by atoms with Crippen LogP contribution in [0, 0.1) is 0 Å². The molecule has 2 rings (SSSR count). The minimum atomic E-state index is 0.779. The fraction of sp³-hybridized carbons (Fsp3) is 0.200. The lowest BCUT2D eigenvalue weighted by atomic mass is 10.5. The molecule has 5 heteroatoms. The van der Waals surface area contributed by atoms with Crippen molar-refractivity contribution in [2.24, 2.45) is 0 Å². The van der Waals surface area contributed by atoms with Gasteiger partial charge in [0.1, 0.15) is 0 Å². The molecule has 78 valence electrons. The number of aromatic nitrogens is 3. The van der Waals surface area contributed by atoms with Crippen molar-refractivity contribution in [1.82, 2.24) is 14.6 Å². The highest BCUT2D eigenvalue weighted by Gasteiger charge is 2.02. The van der Waals surface area contributed by atoms with Crippen LogP contribution in [0.4, 0.5) is 0 Å². The molecule has 2 heterocycles. The third kappa shape index (κ3) is 2.54. The van der Waals surface area contributed by atoms with Gasteiger partial charge in [-0.15, -0.1) is 10.2 Å². The maximum atomic E-state index is 4.12. The van der Waals surface area contributed by atoms with Crippen LogP contribution in [0.15, 0.2) is 41.7 Å². The fourth-order valence-corrected chi connectivity index (χ4v) is 2.11. The van der Waals surface area contributed by atoms with Gasteiger partial charge < -0.3 is 0 Å². The van der Waals surface area contributed by atoms with Gasteiger partial charge in [0.15, 0.2) is 10.8 Å². The van der Waals surface area contributed by atoms with E-state index in [2.05, 4.69) is 28.9 Å². The number of rotatable bonds is 4. The summed E-state index contributed by atoms with van der Waals surface area (Å²) in [5.41, 5.74) is 0.887. The zero-order chi connectivity index (χ0) is 10.5. The largest absolute Gasteiger partial charge is 0.277 e. The number of thiol groups is 1. The number of fused-ring (bicyclic) bond motifs is 1. The molecular formula is C10H11N3S2. The van der Waals surface area contributed by atoms with E-state index >= 15 is 0 Å². The number of hydrogen-bond acceptors (Lipinski definition) is 4. The molecule has 0 saturated heterocycles. The van der Waals surface area contributed by atoms with Crippen LogP contribution in [0.5, 0.6) is 0 Å². The molecule has 0 fully saturated rings.